The van der Waals surface area contributed by atoms with Crippen molar-refractivity contribution in [3.8, 4) is 0 Å². The Bertz CT molecular complexity index is 608. The van der Waals surface area contributed by atoms with Crippen molar-refractivity contribution in [2.75, 3.05) is 23.6 Å². The maximum absolute atomic E-state index is 12.6. The van der Waals surface area contributed by atoms with Crippen molar-refractivity contribution >= 4 is 21.6 Å². The van der Waals surface area contributed by atoms with Gasteiger partial charge >= 0.3 is 0 Å². The van der Waals surface area contributed by atoms with Gasteiger partial charge in [0.25, 0.3) is 5.91 Å². The molecule has 6 nitrogen and oxygen atoms in total. The first-order chi connectivity index (χ1) is 9.93. The monoisotopic (exact) mass is 311 g/mol. The SMILES string of the molecule is CCS(=O)(=O)Nc1ccccc1C(=O)N1CCC(N)CC1. The van der Waals surface area contributed by atoms with E-state index in [1.54, 1.807) is 36.1 Å². The zero-order valence-electron chi connectivity index (χ0n) is 12.1. The Balaban J connectivity index is 2.21. The van der Waals surface area contributed by atoms with E-state index in [2.05, 4.69) is 4.72 Å². The normalized spacial score (nSPS) is 16.8. The standard InChI is InChI=1S/C14H21N3O3S/c1-2-21(19,20)16-13-6-4-3-5-12(13)14(18)17-9-7-11(15)8-10-17/h3-6,11,16H,2,7-10,15H2,1H3. The number of sulfonamides is 1. The minimum Gasteiger partial charge on any atom is -0.338 e. The average Bonchev–Trinajstić information content (AvgIpc) is 2.47. The summed E-state index contributed by atoms with van der Waals surface area (Å²) in [6.45, 7) is 2.77. The molecule has 0 aromatic heterocycles. The molecular weight excluding hydrogens is 290 g/mol. The van der Waals surface area contributed by atoms with Crippen LogP contribution in [-0.2, 0) is 10.0 Å². The van der Waals surface area contributed by atoms with Gasteiger partial charge in [-0.3, -0.25) is 9.52 Å². The smallest absolute Gasteiger partial charge is 0.255 e. The van der Waals surface area contributed by atoms with E-state index in [4.69, 9.17) is 5.73 Å². The summed E-state index contributed by atoms with van der Waals surface area (Å²) in [6, 6.07) is 6.83. The molecule has 1 heterocycles. The molecule has 1 aliphatic rings. The number of para-hydroxylation sites is 1. The Labute approximate surface area is 125 Å². The van der Waals surface area contributed by atoms with E-state index in [0.717, 1.165) is 12.8 Å². The second kappa shape index (κ2) is 6.44. The fourth-order valence-electron chi connectivity index (χ4n) is 2.27. The van der Waals surface area contributed by atoms with E-state index in [0.29, 0.717) is 24.3 Å². The van der Waals surface area contributed by atoms with Crippen LogP contribution in [0.15, 0.2) is 24.3 Å². The number of benzene rings is 1. The molecule has 3 N–H and O–H groups in total. The maximum Gasteiger partial charge on any atom is 0.255 e. The van der Waals surface area contributed by atoms with Crippen LogP contribution in [-0.4, -0.2) is 44.1 Å². The summed E-state index contributed by atoms with van der Waals surface area (Å²) >= 11 is 0. The van der Waals surface area contributed by atoms with Crippen LogP contribution in [0, 0.1) is 0 Å². The van der Waals surface area contributed by atoms with Crippen molar-refractivity contribution in [3.05, 3.63) is 29.8 Å². The molecular formula is C14H21N3O3S. The molecule has 0 bridgehead atoms. The van der Waals surface area contributed by atoms with Crippen molar-refractivity contribution in [1.29, 1.82) is 0 Å². The highest BCUT2D eigenvalue weighted by Gasteiger charge is 2.24. The predicted octanol–water partition coefficient (Wildman–Crippen LogP) is 1.01. The zero-order chi connectivity index (χ0) is 15.5. The molecule has 116 valence electrons. The van der Waals surface area contributed by atoms with Crippen molar-refractivity contribution in [1.82, 2.24) is 4.90 Å². The van der Waals surface area contributed by atoms with Crippen LogP contribution >= 0.6 is 0 Å². The molecule has 0 radical (unpaired) electrons. The molecule has 1 saturated heterocycles. The van der Waals surface area contributed by atoms with Gasteiger partial charge in [-0.2, -0.15) is 0 Å². The number of nitrogens with zero attached hydrogens (tertiary/aromatic N) is 1. The van der Waals surface area contributed by atoms with Gasteiger partial charge in [-0.25, -0.2) is 8.42 Å². The van der Waals surface area contributed by atoms with Crippen LogP contribution in [0.4, 0.5) is 5.69 Å². The molecule has 0 aliphatic carbocycles. The molecule has 1 aromatic rings. The second-order valence-corrected chi connectivity index (χ2v) is 7.19. The molecule has 7 heteroatoms. The highest BCUT2D eigenvalue weighted by atomic mass is 32.2. The fraction of sp³-hybridized carbons (Fsp3) is 0.500. The van der Waals surface area contributed by atoms with Crippen LogP contribution < -0.4 is 10.5 Å². The number of anilines is 1. The van der Waals surface area contributed by atoms with Crippen LogP contribution in [0.25, 0.3) is 0 Å². The Hall–Kier alpha value is -1.60. The molecule has 2 rings (SSSR count). The fourth-order valence-corrected chi connectivity index (χ4v) is 2.93. The lowest BCUT2D eigenvalue weighted by molar-refractivity contribution is 0.0716. The van der Waals surface area contributed by atoms with Crippen molar-refractivity contribution in [2.24, 2.45) is 5.73 Å². The molecule has 0 saturated carbocycles. The summed E-state index contributed by atoms with van der Waals surface area (Å²) in [5.74, 6) is -0.190. The van der Waals surface area contributed by atoms with E-state index in [1.165, 1.54) is 0 Å². The zero-order valence-corrected chi connectivity index (χ0v) is 12.9. The topological polar surface area (TPSA) is 92.5 Å². The largest absolute Gasteiger partial charge is 0.338 e. The lowest BCUT2D eigenvalue weighted by atomic mass is 10.0. The minimum absolute atomic E-state index is 0.0336. The number of nitrogens with two attached hydrogens (primary N) is 1. The quantitative estimate of drug-likeness (QED) is 0.868. The minimum atomic E-state index is -3.41. The third kappa shape index (κ3) is 3.95. The summed E-state index contributed by atoms with van der Waals surface area (Å²) in [5.41, 5.74) is 6.55. The van der Waals surface area contributed by atoms with E-state index in [-0.39, 0.29) is 17.7 Å². The summed E-state index contributed by atoms with van der Waals surface area (Å²) in [5, 5.41) is 0. The van der Waals surface area contributed by atoms with Gasteiger partial charge in [-0.05, 0) is 31.9 Å². The number of hydrogen-bond acceptors (Lipinski definition) is 4. The summed E-state index contributed by atoms with van der Waals surface area (Å²) in [4.78, 5) is 14.3. The average molecular weight is 311 g/mol. The number of likely N-dealkylation sites (tertiary alicyclic amines) is 1. The Kier molecular flexibility index (Phi) is 4.84. The molecule has 1 aliphatic heterocycles. The van der Waals surface area contributed by atoms with Gasteiger partial charge in [0.1, 0.15) is 0 Å². The highest BCUT2D eigenvalue weighted by molar-refractivity contribution is 7.92. The molecule has 1 fully saturated rings. The number of carbonyl (C=O) groups excluding carboxylic acids is 1. The number of rotatable bonds is 4. The molecule has 1 aromatic carbocycles. The second-order valence-electron chi connectivity index (χ2n) is 5.18. The third-order valence-electron chi connectivity index (χ3n) is 3.63. The number of piperidine rings is 1. The van der Waals surface area contributed by atoms with Crippen molar-refractivity contribution in [2.45, 2.75) is 25.8 Å². The molecule has 1 amide bonds. The number of amides is 1. The number of carbonyl (C=O) groups is 1. The first kappa shape index (κ1) is 15.8. The van der Waals surface area contributed by atoms with E-state index >= 15 is 0 Å². The molecule has 0 atom stereocenters. The molecule has 0 unspecified atom stereocenters. The lowest BCUT2D eigenvalue weighted by Gasteiger charge is -2.30. The van der Waals surface area contributed by atoms with Crippen LogP contribution in [0.5, 0.6) is 0 Å². The van der Waals surface area contributed by atoms with Crippen molar-refractivity contribution < 1.29 is 13.2 Å². The van der Waals surface area contributed by atoms with E-state index in [1.807, 2.05) is 0 Å². The predicted molar refractivity (Wildman–Crippen MR) is 82.6 cm³/mol. The van der Waals surface area contributed by atoms with Crippen LogP contribution in [0.1, 0.15) is 30.1 Å². The van der Waals surface area contributed by atoms with Gasteiger partial charge in [-0.15, -0.1) is 0 Å². The summed E-state index contributed by atoms with van der Waals surface area (Å²) in [6.07, 6.45) is 1.54. The van der Waals surface area contributed by atoms with Gasteiger partial charge in [-0.1, -0.05) is 12.1 Å². The lowest BCUT2D eigenvalue weighted by Crippen LogP contribution is -2.43. The van der Waals surface area contributed by atoms with Gasteiger partial charge in [0.05, 0.1) is 17.0 Å². The number of hydrogen-bond donors (Lipinski definition) is 2. The van der Waals surface area contributed by atoms with Crippen LogP contribution in [0.3, 0.4) is 0 Å². The highest BCUT2D eigenvalue weighted by Crippen LogP contribution is 2.20. The molecule has 0 spiro atoms. The first-order valence-corrected chi connectivity index (χ1v) is 8.72. The summed E-state index contributed by atoms with van der Waals surface area (Å²) < 4.78 is 25.9. The van der Waals surface area contributed by atoms with Crippen LogP contribution in [0.2, 0.25) is 0 Å². The van der Waals surface area contributed by atoms with E-state index < -0.39 is 10.0 Å². The Morgan fingerprint density at radius 2 is 1.95 bits per heavy atom. The first-order valence-electron chi connectivity index (χ1n) is 7.07. The molecule has 21 heavy (non-hydrogen) atoms. The van der Waals surface area contributed by atoms with Crippen molar-refractivity contribution in [3.63, 3.8) is 0 Å². The Morgan fingerprint density at radius 3 is 2.57 bits per heavy atom. The van der Waals surface area contributed by atoms with Gasteiger partial charge in [0.2, 0.25) is 10.0 Å². The van der Waals surface area contributed by atoms with Gasteiger partial charge in [0, 0.05) is 19.1 Å². The van der Waals surface area contributed by atoms with Gasteiger partial charge < -0.3 is 10.6 Å². The Morgan fingerprint density at radius 1 is 1.33 bits per heavy atom. The van der Waals surface area contributed by atoms with Gasteiger partial charge in [0.15, 0.2) is 0 Å². The van der Waals surface area contributed by atoms with E-state index in [9.17, 15) is 13.2 Å². The third-order valence-corrected chi connectivity index (χ3v) is 4.92. The number of nitrogens with one attached hydrogen (secondary N) is 1. The maximum atomic E-state index is 12.6. The summed E-state index contributed by atoms with van der Waals surface area (Å²) in [7, 11) is -3.41.